The molecular weight excluding hydrogens is 121 g/mol. The van der Waals surface area contributed by atoms with E-state index in [1.165, 1.54) is 11.8 Å². The molecule has 0 aliphatic carbocycles. The fourth-order valence-electron chi connectivity index (χ4n) is 0.265. The first-order valence-electron chi connectivity index (χ1n) is 2.42. The average molecular weight is 129 g/mol. The highest BCUT2D eigenvalue weighted by molar-refractivity contribution is 8.13. The van der Waals surface area contributed by atoms with Crippen LogP contribution in [0.3, 0.4) is 0 Å². The third-order valence-electron chi connectivity index (χ3n) is 0.522. The molecule has 0 fully saturated rings. The van der Waals surface area contributed by atoms with Crippen LogP contribution in [0.15, 0.2) is 0 Å². The SMILES string of the molecule is [B]CNC(=O)SCC. The predicted octanol–water partition coefficient (Wildman–Crippen LogP) is 0.575. The number of hydrogen-bond acceptors (Lipinski definition) is 2. The van der Waals surface area contributed by atoms with Crippen LogP contribution in [0.5, 0.6) is 0 Å². The lowest BCUT2D eigenvalue weighted by Crippen LogP contribution is -2.19. The van der Waals surface area contributed by atoms with Gasteiger partial charge in [0.15, 0.2) is 0 Å². The highest BCUT2D eigenvalue weighted by Crippen LogP contribution is 1.97. The molecule has 4 heteroatoms. The van der Waals surface area contributed by atoms with E-state index in [0.29, 0.717) is 0 Å². The molecule has 0 aromatic carbocycles. The maximum Gasteiger partial charge on any atom is 0.278 e. The Bertz CT molecular complexity index is 70.4. The van der Waals surface area contributed by atoms with Gasteiger partial charge in [-0.2, -0.15) is 0 Å². The first-order valence-corrected chi connectivity index (χ1v) is 3.40. The number of amides is 1. The Morgan fingerprint density at radius 1 is 1.88 bits per heavy atom. The van der Waals surface area contributed by atoms with Crippen LogP contribution in [-0.2, 0) is 0 Å². The Balaban J connectivity index is 3.06. The Hall–Kier alpha value is -0.115. The van der Waals surface area contributed by atoms with Crippen molar-refractivity contribution < 1.29 is 4.79 Å². The third-order valence-corrected chi connectivity index (χ3v) is 1.22. The molecule has 8 heavy (non-hydrogen) atoms. The molecule has 2 nitrogen and oxygen atoms in total. The second-order valence-electron chi connectivity index (χ2n) is 1.10. The van der Waals surface area contributed by atoms with Crippen molar-refractivity contribution in [3.05, 3.63) is 0 Å². The van der Waals surface area contributed by atoms with E-state index >= 15 is 0 Å². The summed E-state index contributed by atoms with van der Waals surface area (Å²) < 4.78 is 0. The number of carbonyl (C=O) groups is 1. The molecule has 0 bridgehead atoms. The summed E-state index contributed by atoms with van der Waals surface area (Å²) in [6.45, 7) is 1.92. The van der Waals surface area contributed by atoms with Gasteiger partial charge in [-0.3, -0.25) is 4.79 Å². The fourth-order valence-corrected chi connectivity index (χ4v) is 0.713. The predicted molar refractivity (Wildman–Crippen MR) is 37.3 cm³/mol. The number of carbonyl (C=O) groups excluding carboxylic acids is 1. The van der Waals surface area contributed by atoms with Crippen molar-refractivity contribution >= 4 is 24.8 Å². The molecular formula is C4H8BNOS. The topological polar surface area (TPSA) is 29.1 Å². The van der Waals surface area contributed by atoms with Crippen LogP contribution in [-0.4, -0.2) is 25.3 Å². The standard InChI is InChI=1S/C4H8BNOS/c1-2-8-4(7)6-3-5/h2-3H2,1H3,(H,6,7). The first-order chi connectivity index (χ1) is 3.81. The number of hydrogen-bond donors (Lipinski definition) is 1. The minimum Gasteiger partial charge on any atom is -0.356 e. The Labute approximate surface area is 54.8 Å². The molecule has 0 heterocycles. The Morgan fingerprint density at radius 2 is 2.50 bits per heavy atom. The van der Waals surface area contributed by atoms with E-state index in [-0.39, 0.29) is 11.7 Å². The molecule has 0 rings (SSSR count). The van der Waals surface area contributed by atoms with Gasteiger partial charge in [-0.25, -0.2) is 0 Å². The summed E-state index contributed by atoms with van der Waals surface area (Å²) in [6, 6.07) is 0. The van der Waals surface area contributed by atoms with Gasteiger partial charge in [-0.1, -0.05) is 18.7 Å². The van der Waals surface area contributed by atoms with Gasteiger partial charge in [0.1, 0.15) is 0 Å². The van der Waals surface area contributed by atoms with Gasteiger partial charge < -0.3 is 5.32 Å². The maximum absolute atomic E-state index is 10.4. The molecule has 0 aliphatic rings. The lowest BCUT2D eigenvalue weighted by atomic mass is 10.2. The highest BCUT2D eigenvalue weighted by atomic mass is 32.2. The smallest absolute Gasteiger partial charge is 0.278 e. The van der Waals surface area contributed by atoms with Crippen LogP contribution < -0.4 is 5.32 Å². The molecule has 0 spiro atoms. The molecule has 0 saturated carbocycles. The van der Waals surface area contributed by atoms with Crippen molar-refractivity contribution in [3.8, 4) is 0 Å². The number of rotatable bonds is 2. The van der Waals surface area contributed by atoms with E-state index in [9.17, 15) is 4.79 Å². The van der Waals surface area contributed by atoms with Crippen molar-refractivity contribution in [2.24, 2.45) is 0 Å². The van der Waals surface area contributed by atoms with Crippen LogP contribution in [0.1, 0.15) is 6.92 Å². The van der Waals surface area contributed by atoms with Crippen molar-refractivity contribution in [3.63, 3.8) is 0 Å². The zero-order valence-electron chi connectivity index (χ0n) is 4.81. The van der Waals surface area contributed by atoms with E-state index in [4.69, 9.17) is 7.85 Å². The maximum atomic E-state index is 10.4. The third kappa shape index (κ3) is 4.05. The summed E-state index contributed by atoms with van der Waals surface area (Å²) in [5, 5.41) is 2.40. The minimum atomic E-state index is -0.0463. The average Bonchev–Trinajstić information content (AvgIpc) is 1.68. The molecule has 0 saturated heterocycles. The molecule has 0 aromatic heterocycles. The van der Waals surface area contributed by atoms with Crippen LogP contribution in [0.2, 0.25) is 0 Å². The van der Waals surface area contributed by atoms with Gasteiger partial charge >= 0.3 is 0 Å². The lowest BCUT2D eigenvalue weighted by molar-refractivity contribution is 0.262. The van der Waals surface area contributed by atoms with Gasteiger partial charge in [-0.15, -0.1) is 0 Å². The number of nitrogens with one attached hydrogen (secondary N) is 1. The van der Waals surface area contributed by atoms with Crippen LogP contribution in [0, 0.1) is 0 Å². The Morgan fingerprint density at radius 3 is 2.88 bits per heavy atom. The van der Waals surface area contributed by atoms with Gasteiger partial charge in [0.05, 0.1) is 7.85 Å². The Kier molecular flexibility index (Phi) is 4.96. The van der Waals surface area contributed by atoms with Gasteiger partial charge in [0.2, 0.25) is 0 Å². The quantitative estimate of drug-likeness (QED) is 0.552. The van der Waals surface area contributed by atoms with Crippen molar-refractivity contribution in [2.75, 3.05) is 12.2 Å². The fraction of sp³-hybridized carbons (Fsp3) is 0.750. The van der Waals surface area contributed by atoms with Crippen LogP contribution in [0.25, 0.3) is 0 Å². The summed E-state index contributed by atoms with van der Waals surface area (Å²) >= 11 is 1.23. The summed E-state index contributed by atoms with van der Waals surface area (Å²) in [4.78, 5) is 10.4. The summed E-state index contributed by atoms with van der Waals surface area (Å²) in [7, 11) is 5.01. The molecule has 1 amide bonds. The highest BCUT2D eigenvalue weighted by Gasteiger charge is 1.93. The van der Waals surface area contributed by atoms with E-state index in [2.05, 4.69) is 5.32 Å². The second-order valence-corrected chi connectivity index (χ2v) is 2.34. The summed E-state index contributed by atoms with van der Waals surface area (Å²) in [6.07, 6.45) is 0.228. The normalized spacial score (nSPS) is 8.62. The molecule has 2 radical (unpaired) electrons. The zero-order valence-corrected chi connectivity index (χ0v) is 5.62. The monoisotopic (exact) mass is 129 g/mol. The summed E-state index contributed by atoms with van der Waals surface area (Å²) in [5.41, 5.74) is 0. The first kappa shape index (κ1) is 7.88. The van der Waals surface area contributed by atoms with Crippen molar-refractivity contribution in [1.82, 2.24) is 5.32 Å². The summed E-state index contributed by atoms with van der Waals surface area (Å²) in [5.74, 6) is 0.797. The van der Waals surface area contributed by atoms with E-state index < -0.39 is 0 Å². The molecule has 0 atom stereocenters. The van der Waals surface area contributed by atoms with Gasteiger partial charge in [0, 0.05) is 0 Å². The van der Waals surface area contributed by atoms with Crippen LogP contribution in [0.4, 0.5) is 4.79 Å². The van der Waals surface area contributed by atoms with Gasteiger partial charge in [-0.05, 0) is 12.2 Å². The molecule has 44 valence electrons. The second kappa shape index (κ2) is 5.03. The molecule has 0 unspecified atom stereocenters. The minimum absolute atomic E-state index is 0.0463. The van der Waals surface area contributed by atoms with E-state index in [1.807, 2.05) is 6.92 Å². The largest absolute Gasteiger partial charge is 0.356 e. The van der Waals surface area contributed by atoms with E-state index in [0.717, 1.165) is 5.75 Å². The van der Waals surface area contributed by atoms with Gasteiger partial charge in [0.25, 0.3) is 5.24 Å². The van der Waals surface area contributed by atoms with E-state index in [1.54, 1.807) is 0 Å². The molecule has 1 N–H and O–H groups in total. The van der Waals surface area contributed by atoms with Crippen molar-refractivity contribution in [1.29, 1.82) is 0 Å². The zero-order chi connectivity index (χ0) is 6.41. The molecule has 0 aromatic rings. The van der Waals surface area contributed by atoms with Crippen molar-refractivity contribution in [2.45, 2.75) is 6.92 Å². The van der Waals surface area contributed by atoms with Crippen LogP contribution >= 0.6 is 11.8 Å². The number of thioether (sulfide) groups is 1. The lowest BCUT2D eigenvalue weighted by Gasteiger charge is -1.96. The molecule has 0 aliphatic heterocycles.